The van der Waals surface area contributed by atoms with Crippen LogP contribution in [-0.2, 0) is 12.8 Å². The van der Waals surface area contributed by atoms with Gasteiger partial charge in [-0.25, -0.2) is 0 Å². The van der Waals surface area contributed by atoms with Crippen LogP contribution < -0.4 is 5.32 Å². The number of nitrogens with one attached hydrogen (secondary N) is 1. The zero-order valence-electron chi connectivity index (χ0n) is 10.8. The Morgan fingerprint density at radius 2 is 2.28 bits per heavy atom. The molecule has 0 aliphatic heterocycles. The number of aromatic nitrogens is 3. The molecule has 18 heavy (non-hydrogen) atoms. The fourth-order valence-electron chi connectivity index (χ4n) is 1.94. The van der Waals surface area contributed by atoms with Crippen molar-refractivity contribution in [2.75, 3.05) is 7.05 Å². The SMILES string of the molecule is CCCc1nnsc1C(Cc1ccccn1)NC. The second kappa shape index (κ2) is 6.56. The maximum Gasteiger partial charge on any atom is 0.0803 e. The van der Waals surface area contributed by atoms with Gasteiger partial charge in [-0.05, 0) is 37.1 Å². The van der Waals surface area contributed by atoms with Gasteiger partial charge in [0.25, 0.3) is 0 Å². The number of aryl methyl sites for hydroxylation is 1. The molecule has 96 valence electrons. The fraction of sp³-hybridized carbons (Fsp3) is 0.462. The summed E-state index contributed by atoms with van der Waals surface area (Å²) in [5.74, 6) is 0. The highest BCUT2D eigenvalue weighted by molar-refractivity contribution is 7.05. The summed E-state index contributed by atoms with van der Waals surface area (Å²) >= 11 is 1.49. The summed E-state index contributed by atoms with van der Waals surface area (Å²) in [6.07, 6.45) is 4.79. The topological polar surface area (TPSA) is 50.7 Å². The number of hydrogen-bond donors (Lipinski definition) is 1. The number of nitrogens with zero attached hydrogens (tertiary/aromatic N) is 3. The summed E-state index contributed by atoms with van der Waals surface area (Å²) < 4.78 is 4.08. The third-order valence-corrected chi connectivity index (χ3v) is 3.76. The summed E-state index contributed by atoms with van der Waals surface area (Å²) in [6.45, 7) is 2.16. The van der Waals surface area contributed by atoms with Crippen molar-refractivity contribution in [2.24, 2.45) is 0 Å². The fourth-order valence-corrected chi connectivity index (χ4v) is 2.75. The van der Waals surface area contributed by atoms with Crippen molar-refractivity contribution >= 4 is 11.5 Å². The molecule has 0 bridgehead atoms. The monoisotopic (exact) mass is 262 g/mol. The zero-order chi connectivity index (χ0) is 12.8. The van der Waals surface area contributed by atoms with E-state index in [4.69, 9.17) is 0 Å². The van der Waals surface area contributed by atoms with Gasteiger partial charge in [-0.1, -0.05) is 23.9 Å². The van der Waals surface area contributed by atoms with Gasteiger partial charge < -0.3 is 5.32 Å². The highest BCUT2D eigenvalue weighted by Gasteiger charge is 2.18. The zero-order valence-corrected chi connectivity index (χ0v) is 11.6. The molecule has 0 amide bonds. The molecule has 2 heterocycles. The van der Waals surface area contributed by atoms with Crippen molar-refractivity contribution in [3.63, 3.8) is 0 Å². The molecule has 0 saturated heterocycles. The van der Waals surface area contributed by atoms with Crippen LogP contribution in [0.3, 0.4) is 0 Å². The van der Waals surface area contributed by atoms with Crippen LogP contribution in [0.4, 0.5) is 0 Å². The van der Waals surface area contributed by atoms with E-state index in [0.29, 0.717) is 0 Å². The molecule has 1 N–H and O–H groups in total. The van der Waals surface area contributed by atoms with E-state index in [2.05, 4.69) is 32.9 Å². The van der Waals surface area contributed by atoms with Gasteiger partial charge in [-0.3, -0.25) is 4.98 Å². The second-order valence-corrected chi connectivity index (χ2v) is 4.99. The molecule has 1 atom stereocenters. The van der Waals surface area contributed by atoms with Crippen LogP contribution in [-0.4, -0.2) is 21.6 Å². The summed E-state index contributed by atoms with van der Waals surface area (Å²) in [4.78, 5) is 5.62. The van der Waals surface area contributed by atoms with Crippen LogP contribution in [0, 0.1) is 0 Å². The minimum Gasteiger partial charge on any atom is -0.312 e. The number of pyridine rings is 1. The lowest BCUT2D eigenvalue weighted by Gasteiger charge is -2.14. The Balaban J connectivity index is 2.15. The number of likely N-dealkylation sites (N-methyl/N-ethyl adjacent to an activating group) is 1. The van der Waals surface area contributed by atoms with E-state index in [0.717, 1.165) is 30.7 Å². The average molecular weight is 262 g/mol. The van der Waals surface area contributed by atoms with Crippen molar-refractivity contribution in [2.45, 2.75) is 32.2 Å². The molecule has 0 saturated carbocycles. The first-order valence-electron chi connectivity index (χ1n) is 6.23. The summed E-state index contributed by atoms with van der Waals surface area (Å²) in [7, 11) is 1.98. The summed E-state index contributed by atoms with van der Waals surface area (Å²) in [5, 5.41) is 7.57. The smallest absolute Gasteiger partial charge is 0.0803 e. The molecule has 1 unspecified atom stereocenters. The third kappa shape index (κ3) is 3.11. The normalized spacial score (nSPS) is 12.6. The molecule has 0 aliphatic rings. The highest BCUT2D eigenvalue weighted by Crippen LogP contribution is 2.24. The minimum absolute atomic E-state index is 0.251. The van der Waals surface area contributed by atoms with Gasteiger partial charge >= 0.3 is 0 Å². The molecular formula is C13H18N4S. The second-order valence-electron chi connectivity index (χ2n) is 4.20. The van der Waals surface area contributed by atoms with Crippen LogP contribution in [0.25, 0.3) is 0 Å². The van der Waals surface area contributed by atoms with Crippen LogP contribution in [0.5, 0.6) is 0 Å². The van der Waals surface area contributed by atoms with Gasteiger partial charge in [0, 0.05) is 18.3 Å². The van der Waals surface area contributed by atoms with Gasteiger partial charge in [0.2, 0.25) is 0 Å². The standard InChI is InChI=1S/C13H18N4S/c1-3-6-11-13(18-17-16-11)12(14-2)9-10-7-4-5-8-15-10/h4-5,7-8,12,14H,3,6,9H2,1-2H3. The molecule has 0 radical (unpaired) electrons. The lowest BCUT2D eigenvalue weighted by molar-refractivity contribution is 0.586. The van der Waals surface area contributed by atoms with E-state index in [9.17, 15) is 0 Å². The van der Waals surface area contributed by atoms with Crippen LogP contribution >= 0.6 is 11.5 Å². The van der Waals surface area contributed by atoms with Crippen molar-refractivity contribution in [1.82, 2.24) is 19.9 Å². The molecule has 2 aromatic rings. The average Bonchev–Trinajstić information content (AvgIpc) is 2.86. The molecule has 0 fully saturated rings. The van der Waals surface area contributed by atoms with E-state index in [1.54, 1.807) is 0 Å². The lowest BCUT2D eigenvalue weighted by atomic mass is 10.1. The van der Waals surface area contributed by atoms with Crippen molar-refractivity contribution in [3.8, 4) is 0 Å². The molecular weight excluding hydrogens is 244 g/mol. The molecule has 2 aromatic heterocycles. The third-order valence-electron chi connectivity index (χ3n) is 2.88. The first-order chi connectivity index (χ1) is 8.85. The van der Waals surface area contributed by atoms with E-state index in [1.807, 2.05) is 25.4 Å². The number of hydrogen-bond acceptors (Lipinski definition) is 5. The first kappa shape index (κ1) is 13.1. The van der Waals surface area contributed by atoms with Crippen molar-refractivity contribution in [1.29, 1.82) is 0 Å². The maximum absolute atomic E-state index is 4.38. The number of rotatable bonds is 6. The van der Waals surface area contributed by atoms with E-state index in [1.165, 1.54) is 16.4 Å². The van der Waals surface area contributed by atoms with Crippen LogP contribution in [0.15, 0.2) is 24.4 Å². The Morgan fingerprint density at radius 1 is 1.39 bits per heavy atom. The Labute approximate surface area is 112 Å². The van der Waals surface area contributed by atoms with Gasteiger partial charge in [-0.15, -0.1) is 5.10 Å². The van der Waals surface area contributed by atoms with Crippen molar-refractivity contribution in [3.05, 3.63) is 40.7 Å². The van der Waals surface area contributed by atoms with Gasteiger partial charge in [0.1, 0.15) is 0 Å². The maximum atomic E-state index is 4.38. The molecule has 0 spiro atoms. The van der Waals surface area contributed by atoms with Gasteiger partial charge in [0.15, 0.2) is 0 Å². The van der Waals surface area contributed by atoms with Crippen LogP contribution in [0.1, 0.15) is 35.7 Å². The Kier molecular flexibility index (Phi) is 4.78. The van der Waals surface area contributed by atoms with E-state index >= 15 is 0 Å². The van der Waals surface area contributed by atoms with E-state index in [-0.39, 0.29) is 6.04 Å². The summed E-state index contributed by atoms with van der Waals surface area (Å²) in [5.41, 5.74) is 2.21. The first-order valence-corrected chi connectivity index (χ1v) is 7.00. The predicted octanol–water partition coefficient (Wildman–Crippen LogP) is 2.39. The Morgan fingerprint density at radius 3 is 2.94 bits per heavy atom. The highest BCUT2D eigenvalue weighted by atomic mass is 32.1. The molecule has 5 heteroatoms. The molecule has 0 aromatic carbocycles. The van der Waals surface area contributed by atoms with Gasteiger partial charge in [-0.2, -0.15) is 0 Å². The molecule has 2 rings (SSSR count). The molecule has 4 nitrogen and oxygen atoms in total. The van der Waals surface area contributed by atoms with Crippen molar-refractivity contribution < 1.29 is 0 Å². The quantitative estimate of drug-likeness (QED) is 0.868. The molecule has 0 aliphatic carbocycles. The predicted molar refractivity (Wildman–Crippen MR) is 73.6 cm³/mol. The Hall–Kier alpha value is -1.33. The minimum atomic E-state index is 0.251. The summed E-state index contributed by atoms with van der Waals surface area (Å²) in [6, 6.07) is 6.27. The Bertz CT molecular complexity index is 469. The van der Waals surface area contributed by atoms with Crippen LogP contribution in [0.2, 0.25) is 0 Å². The van der Waals surface area contributed by atoms with E-state index < -0.39 is 0 Å². The lowest BCUT2D eigenvalue weighted by Crippen LogP contribution is -2.19. The largest absolute Gasteiger partial charge is 0.312 e. The van der Waals surface area contributed by atoms with Gasteiger partial charge in [0.05, 0.1) is 16.6 Å².